The van der Waals surface area contributed by atoms with Crippen molar-refractivity contribution in [1.29, 1.82) is 0 Å². The highest BCUT2D eigenvalue weighted by molar-refractivity contribution is 6.32. The number of imide groups is 2. The maximum Gasteiger partial charge on any atom is 0.246 e. The molecule has 5 aliphatic rings. The summed E-state index contributed by atoms with van der Waals surface area (Å²) in [7, 11) is 0. The van der Waals surface area contributed by atoms with Crippen LogP contribution in [0.5, 0.6) is 5.75 Å². The molecule has 46 heavy (non-hydrogen) atoms. The number of fused-ring (bicyclic) bond motifs is 4. The Morgan fingerprint density at radius 1 is 0.783 bits per heavy atom. The van der Waals surface area contributed by atoms with Crippen molar-refractivity contribution < 1.29 is 24.3 Å². The molecule has 0 spiro atoms. The molecule has 2 saturated carbocycles. The summed E-state index contributed by atoms with van der Waals surface area (Å²) >= 11 is 6.37. The second-order valence-electron chi connectivity index (χ2n) is 13.5. The summed E-state index contributed by atoms with van der Waals surface area (Å²) in [6.45, 7) is 0. The van der Waals surface area contributed by atoms with Crippen LogP contribution >= 0.6 is 11.6 Å². The first-order valence-corrected chi connectivity index (χ1v) is 16.8. The van der Waals surface area contributed by atoms with E-state index >= 15 is 4.79 Å². The molecule has 2 aliphatic heterocycles. The van der Waals surface area contributed by atoms with Gasteiger partial charge in [-0.2, -0.15) is 0 Å². The minimum atomic E-state index is -1.32. The summed E-state index contributed by atoms with van der Waals surface area (Å²) in [5.41, 5.74) is 1.51. The number of hydrogen-bond acceptors (Lipinski definition) is 5. The highest BCUT2D eigenvalue weighted by atomic mass is 35.5. The first kappa shape index (κ1) is 29.2. The van der Waals surface area contributed by atoms with Crippen molar-refractivity contribution in [3.63, 3.8) is 0 Å². The van der Waals surface area contributed by atoms with E-state index in [1.807, 2.05) is 42.5 Å². The van der Waals surface area contributed by atoms with Gasteiger partial charge in [0.25, 0.3) is 0 Å². The smallest absolute Gasteiger partial charge is 0.246 e. The molecule has 234 valence electrons. The van der Waals surface area contributed by atoms with Gasteiger partial charge in [-0.05, 0) is 73.1 Å². The van der Waals surface area contributed by atoms with E-state index in [2.05, 4.69) is 6.08 Å². The highest BCUT2D eigenvalue weighted by Crippen LogP contribution is 2.64. The van der Waals surface area contributed by atoms with Crippen molar-refractivity contribution in [2.75, 3.05) is 4.90 Å². The zero-order valence-electron chi connectivity index (χ0n) is 25.3. The fourth-order valence-corrected chi connectivity index (χ4v) is 9.69. The zero-order chi connectivity index (χ0) is 31.7. The third-order valence-corrected chi connectivity index (χ3v) is 11.6. The number of phenolic OH excluding ortho intramolecular Hbond substituents is 1. The summed E-state index contributed by atoms with van der Waals surface area (Å²) in [6.07, 6.45) is 7.56. The van der Waals surface area contributed by atoms with E-state index in [0.29, 0.717) is 17.1 Å². The molecule has 1 N–H and O–H groups in total. The number of halogens is 1. The van der Waals surface area contributed by atoms with Crippen LogP contribution in [0.1, 0.15) is 62.0 Å². The SMILES string of the molecule is O=C1C2CC3C(=CCC4C(=O)N(C5CCCCC5)C(=O)C43)C(c3ccc(O)cc3)C2(c2ccccc2)C(=O)N1c1cccc(Cl)c1. The summed E-state index contributed by atoms with van der Waals surface area (Å²) < 4.78 is 0. The lowest BCUT2D eigenvalue weighted by Crippen LogP contribution is -2.53. The lowest BCUT2D eigenvalue weighted by molar-refractivity contribution is -0.143. The van der Waals surface area contributed by atoms with Crippen molar-refractivity contribution in [1.82, 2.24) is 4.90 Å². The molecule has 7 nitrogen and oxygen atoms in total. The van der Waals surface area contributed by atoms with Crippen LogP contribution in [-0.2, 0) is 24.6 Å². The number of carbonyl (C=O) groups is 4. The summed E-state index contributed by atoms with van der Waals surface area (Å²) in [5, 5.41) is 10.7. The third-order valence-electron chi connectivity index (χ3n) is 11.4. The molecule has 3 aromatic rings. The van der Waals surface area contributed by atoms with Crippen LogP contribution in [0.25, 0.3) is 0 Å². The highest BCUT2D eigenvalue weighted by Gasteiger charge is 2.70. The van der Waals surface area contributed by atoms with Crippen LogP contribution in [0.3, 0.4) is 0 Å². The molecule has 3 aliphatic carbocycles. The summed E-state index contributed by atoms with van der Waals surface area (Å²) in [5.74, 6) is -3.63. The Balaban J connectivity index is 1.33. The molecule has 4 amide bonds. The molecule has 0 aromatic heterocycles. The molecule has 6 atom stereocenters. The average Bonchev–Trinajstić information content (AvgIpc) is 3.46. The quantitative estimate of drug-likeness (QED) is 0.260. The molecule has 8 rings (SSSR count). The normalized spacial score (nSPS) is 31.1. The second kappa shape index (κ2) is 10.9. The largest absolute Gasteiger partial charge is 0.508 e. The van der Waals surface area contributed by atoms with E-state index in [9.17, 15) is 19.5 Å². The van der Waals surface area contributed by atoms with Gasteiger partial charge >= 0.3 is 0 Å². The van der Waals surface area contributed by atoms with Crippen LogP contribution < -0.4 is 4.90 Å². The number of likely N-dealkylation sites (tertiary alicyclic amines) is 1. The molecule has 3 aromatic carbocycles. The Hall–Kier alpha value is -4.23. The molecule has 0 radical (unpaired) electrons. The topological polar surface area (TPSA) is 95.0 Å². The van der Waals surface area contributed by atoms with Gasteiger partial charge in [0.05, 0.1) is 28.9 Å². The lowest BCUT2D eigenvalue weighted by atomic mass is 9.49. The van der Waals surface area contributed by atoms with Crippen LogP contribution in [0.4, 0.5) is 5.69 Å². The molecule has 0 bridgehead atoms. The summed E-state index contributed by atoms with van der Waals surface area (Å²) in [4.78, 5) is 61.0. The predicted molar refractivity (Wildman–Crippen MR) is 173 cm³/mol. The predicted octanol–water partition coefficient (Wildman–Crippen LogP) is 6.54. The minimum absolute atomic E-state index is 0.0734. The van der Waals surface area contributed by atoms with Crippen molar-refractivity contribution in [3.05, 3.63) is 107 Å². The van der Waals surface area contributed by atoms with E-state index in [-0.39, 0.29) is 47.8 Å². The number of allylic oxidation sites excluding steroid dienone is 2. The standard InChI is InChI=1S/C38H35ClN2O5/c39-24-10-7-13-26(20-24)41-35(44)31-21-30-28(18-19-29-32(30)36(45)40(34(29)43)25-11-5-2-6-12-25)33(22-14-16-27(42)17-15-22)38(31,37(41)46)23-8-3-1-4-9-23/h1,3-4,7-10,13-18,20,25,29-33,42H,2,5-6,11-12,19,21H2. The van der Waals surface area contributed by atoms with Crippen molar-refractivity contribution in [3.8, 4) is 5.75 Å². The van der Waals surface area contributed by atoms with Gasteiger partial charge in [-0.15, -0.1) is 0 Å². The van der Waals surface area contributed by atoms with E-state index < -0.39 is 29.1 Å². The van der Waals surface area contributed by atoms with Crippen LogP contribution in [0.2, 0.25) is 5.02 Å². The molecular formula is C38H35ClN2O5. The van der Waals surface area contributed by atoms with Crippen LogP contribution in [0.15, 0.2) is 90.5 Å². The number of benzene rings is 3. The molecule has 2 heterocycles. The third kappa shape index (κ3) is 4.10. The first-order chi connectivity index (χ1) is 22.3. The average molecular weight is 635 g/mol. The van der Waals surface area contributed by atoms with Gasteiger partial charge in [0.1, 0.15) is 5.75 Å². The van der Waals surface area contributed by atoms with E-state index in [1.54, 1.807) is 41.3 Å². The Bertz CT molecular complexity index is 1780. The number of nitrogens with zero attached hydrogens (tertiary/aromatic N) is 2. The van der Waals surface area contributed by atoms with E-state index in [0.717, 1.165) is 48.8 Å². The summed E-state index contributed by atoms with van der Waals surface area (Å²) in [6, 6.07) is 23.0. The van der Waals surface area contributed by atoms with Gasteiger partial charge < -0.3 is 5.11 Å². The number of phenols is 1. The molecule has 6 unspecified atom stereocenters. The van der Waals surface area contributed by atoms with Gasteiger partial charge in [-0.25, -0.2) is 4.90 Å². The van der Waals surface area contributed by atoms with Gasteiger partial charge in [0.15, 0.2) is 0 Å². The number of amides is 4. The molecule has 2 saturated heterocycles. The Morgan fingerprint density at radius 2 is 1.52 bits per heavy atom. The number of anilines is 1. The molecule has 4 fully saturated rings. The molecule has 8 heteroatoms. The minimum Gasteiger partial charge on any atom is -0.508 e. The zero-order valence-corrected chi connectivity index (χ0v) is 26.1. The van der Waals surface area contributed by atoms with Crippen molar-refractivity contribution >= 4 is 40.9 Å². The Labute approximate surface area is 272 Å². The maximum absolute atomic E-state index is 15.2. The monoisotopic (exact) mass is 634 g/mol. The number of carbonyl (C=O) groups excluding carboxylic acids is 4. The van der Waals surface area contributed by atoms with Crippen molar-refractivity contribution in [2.24, 2.45) is 23.7 Å². The number of hydrogen-bond donors (Lipinski definition) is 1. The number of aromatic hydroxyl groups is 1. The van der Waals surface area contributed by atoms with Crippen LogP contribution in [-0.4, -0.2) is 39.7 Å². The van der Waals surface area contributed by atoms with Crippen molar-refractivity contribution in [2.45, 2.75) is 62.3 Å². The fourth-order valence-electron chi connectivity index (χ4n) is 9.51. The van der Waals surface area contributed by atoms with E-state index in [4.69, 9.17) is 11.6 Å². The van der Waals surface area contributed by atoms with Gasteiger partial charge in [-0.1, -0.05) is 91.0 Å². The Morgan fingerprint density at radius 3 is 2.24 bits per heavy atom. The van der Waals surface area contributed by atoms with Gasteiger partial charge in [0, 0.05) is 17.0 Å². The second-order valence-corrected chi connectivity index (χ2v) is 14.0. The first-order valence-electron chi connectivity index (χ1n) is 16.4. The maximum atomic E-state index is 15.2. The van der Waals surface area contributed by atoms with Gasteiger partial charge in [-0.3, -0.25) is 24.1 Å². The Kier molecular flexibility index (Phi) is 6.94. The molecular weight excluding hydrogens is 600 g/mol. The fraction of sp³-hybridized carbons (Fsp3) is 0.368. The van der Waals surface area contributed by atoms with E-state index in [1.165, 1.54) is 4.90 Å². The van der Waals surface area contributed by atoms with Gasteiger partial charge in [0.2, 0.25) is 23.6 Å². The number of rotatable bonds is 4. The lowest BCUT2D eigenvalue weighted by Gasteiger charge is -2.50. The van der Waals surface area contributed by atoms with Crippen LogP contribution in [0, 0.1) is 23.7 Å².